The molecule has 2 aromatic rings. The molecule has 2 amide bonds. The summed E-state index contributed by atoms with van der Waals surface area (Å²) in [5.41, 5.74) is 1.93. The molecule has 3 aliphatic heterocycles. The minimum atomic E-state index is 0.0432. The van der Waals surface area contributed by atoms with Gasteiger partial charge in [-0.2, -0.15) is 0 Å². The molecule has 0 unspecified atom stereocenters. The molecular weight excluding hydrogens is 366 g/mol. The van der Waals surface area contributed by atoms with Crippen LogP contribution in [0.1, 0.15) is 5.69 Å². The van der Waals surface area contributed by atoms with Crippen molar-refractivity contribution < 1.29 is 9.53 Å². The Morgan fingerprint density at radius 3 is 2.74 bits per heavy atom. The molecule has 5 rings (SSSR count). The number of aryl methyl sites for hydroxylation is 1. The Hall–Kier alpha value is -2.54. The van der Waals surface area contributed by atoms with Crippen molar-refractivity contribution in [2.75, 3.05) is 49.1 Å². The molecule has 2 saturated heterocycles. The second-order valence-corrected chi connectivity index (χ2v) is 8.01. The lowest BCUT2D eigenvalue weighted by molar-refractivity contribution is 0.00918. The fourth-order valence-corrected chi connectivity index (χ4v) is 4.45. The zero-order valence-corrected chi connectivity index (χ0v) is 15.8. The normalized spacial score (nSPS) is 19.9. The van der Waals surface area contributed by atoms with Crippen LogP contribution in [0, 0.1) is 12.3 Å². The molecule has 8 heteroatoms. The number of halogens is 1. The van der Waals surface area contributed by atoms with Gasteiger partial charge in [0.2, 0.25) is 0 Å². The number of likely N-dealkylation sites (tertiary alicyclic amines) is 1. The Kier molecular flexibility index (Phi) is 3.69. The first kappa shape index (κ1) is 16.6. The summed E-state index contributed by atoms with van der Waals surface area (Å²) in [7, 11) is 0. The van der Waals surface area contributed by atoms with Gasteiger partial charge in [-0.1, -0.05) is 11.6 Å². The van der Waals surface area contributed by atoms with Gasteiger partial charge in [0.25, 0.3) is 0 Å². The predicted molar refractivity (Wildman–Crippen MR) is 103 cm³/mol. The van der Waals surface area contributed by atoms with Crippen LogP contribution in [0.4, 0.5) is 16.3 Å². The van der Waals surface area contributed by atoms with Crippen molar-refractivity contribution in [3.63, 3.8) is 0 Å². The van der Waals surface area contributed by atoms with Crippen LogP contribution in [0.3, 0.4) is 0 Å². The molecule has 1 aromatic carbocycles. The van der Waals surface area contributed by atoms with Gasteiger partial charge in [0.1, 0.15) is 18.2 Å². The van der Waals surface area contributed by atoms with Gasteiger partial charge in [-0.15, -0.1) is 0 Å². The molecule has 0 saturated carbocycles. The second kappa shape index (κ2) is 5.99. The number of carbonyl (C=O) groups is 1. The highest BCUT2D eigenvalue weighted by molar-refractivity contribution is 6.30. The maximum Gasteiger partial charge on any atom is 0.324 e. The number of ether oxygens (including phenoxy) is 1. The zero-order chi connectivity index (χ0) is 18.6. The first-order valence-electron chi connectivity index (χ1n) is 9.06. The quantitative estimate of drug-likeness (QED) is 0.755. The lowest BCUT2D eigenvalue weighted by Gasteiger charge is -2.60. The van der Waals surface area contributed by atoms with Crippen LogP contribution in [-0.4, -0.2) is 60.2 Å². The molecule has 4 heterocycles. The van der Waals surface area contributed by atoms with Crippen molar-refractivity contribution in [1.82, 2.24) is 14.9 Å². The van der Waals surface area contributed by atoms with Gasteiger partial charge in [0, 0.05) is 55.1 Å². The van der Waals surface area contributed by atoms with E-state index < -0.39 is 0 Å². The number of rotatable bonds is 1. The van der Waals surface area contributed by atoms with Crippen LogP contribution < -0.4 is 14.5 Å². The maximum absolute atomic E-state index is 13.0. The Labute approximate surface area is 162 Å². The van der Waals surface area contributed by atoms with Crippen molar-refractivity contribution in [1.29, 1.82) is 0 Å². The van der Waals surface area contributed by atoms with E-state index in [1.54, 1.807) is 29.4 Å². The van der Waals surface area contributed by atoms with Crippen molar-refractivity contribution >= 4 is 29.1 Å². The highest BCUT2D eigenvalue weighted by Gasteiger charge is 2.54. The van der Waals surface area contributed by atoms with Crippen LogP contribution in [0.5, 0.6) is 5.75 Å². The van der Waals surface area contributed by atoms with Gasteiger partial charge < -0.3 is 14.5 Å². The van der Waals surface area contributed by atoms with Crippen LogP contribution in [0.25, 0.3) is 0 Å². The monoisotopic (exact) mass is 385 g/mol. The third kappa shape index (κ3) is 2.68. The highest BCUT2D eigenvalue weighted by atomic mass is 35.5. The molecule has 3 aliphatic rings. The lowest BCUT2D eigenvalue weighted by atomic mass is 9.73. The van der Waals surface area contributed by atoms with Crippen molar-refractivity contribution in [3.8, 4) is 5.75 Å². The third-order valence-corrected chi connectivity index (χ3v) is 5.78. The van der Waals surface area contributed by atoms with E-state index in [-0.39, 0.29) is 11.4 Å². The van der Waals surface area contributed by atoms with Gasteiger partial charge in [-0.25, -0.2) is 9.78 Å². The third-order valence-electron chi connectivity index (χ3n) is 5.55. The minimum absolute atomic E-state index is 0.0432. The number of fused-ring (bicyclic) bond motifs is 1. The number of urea groups is 1. The highest BCUT2D eigenvalue weighted by Crippen LogP contribution is 2.43. The standard InChI is InChI=1S/C19H20ClN5O2/c1-13-17(22-5-4-21-13)23-9-19(10-23)11-24(12-19)18(26)25-6-7-27-16-8-14(20)2-3-15(16)25/h2-5,8H,6-7,9-12H2,1H3. The average molecular weight is 386 g/mol. The Morgan fingerprint density at radius 1 is 1.19 bits per heavy atom. The van der Waals surface area contributed by atoms with E-state index in [2.05, 4.69) is 14.9 Å². The zero-order valence-electron chi connectivity index (χ0n) is 15.1. The Balaban J connectivity index is 1.24. The number of hydrogen-bond acceptors (Lipinski definition) is 5. The first-order valence-corrected chi connectivity index (χ1v) is 9.44. The number of nitrogens with zero attached hydrogens (tertiary/aromatic N) is 5. The Morgan fingerprint density at radius 2 is 1.96 bits per heavy atom. The summed E-state index contributed by atoms with van der Waals surface area (Å²) in [6, 6.07) is 5.45. The lowest BCUT2D eigenvalue weighted by Crippen LogP contribution is -2.74. The van der Waals surface area contributed by atoms with Gasteiger partial charge in [-0.3, -0.25) is 9.88 Å². The Bertz CT molecular complexity index is 907. The van der Waals surface area contributed by atoms with Crippen LogP contribution >= 0.6 is 11.6 Å². The second-order valence-electron chi connectivity index (χ2n) is 7.57. The molecule has 0 N–H and O–H groups in total. The fourth-order valence-electron chi connectivity index (χ4n) is 4.29. The number of benzene rings is 1. The molecule has 0 aliphatic carbocycles. The fraction of sp³-hybridized carbons (Fsp3) is 0.421. The molecule has 2 fully saturated rings. The van der Waals surface area contributed by atoms with Crippen molar-refractivity contribution in [2.24, 2.45) is 5.41 Å². The molecule has 0 bridgehead atoms. The largest absolute Gasteiger partial charge is 0.489 e. The summed E-state index contributed by atoms with van der Waals surface area (Å²) >= 11 is 6.04. The summed E-state index contributed by atoms with van der Waals surface area (Å²) < 4.78 is 5.65. The maximum atomic E-state index is 13.0. The number of aromatic nitrogens is 2. The summed E-state index contributed by atoms with van der Waals surface area (Å²) in [5.74, 6) is 1.62. The molecule has 27 heavy (non-hydrogen) atoms. The molecule has 1 aromatic heterocycles. The van der Waals surface area contributed by atoms with Crippen LogP contribution in [0.2, 0.25) is 5.02 Å². The molecule has 0 atom stereocenters. The predicted octanol–water partition coefficient (Wildman–Crippen LogP) is 2.58. The number of hydrogen-bond donors (Lipinski definition) is 0. The van der Waals surface area contributed by atoms with Gasteiger partial charge in [0.15, 0.2) is 0 Å². The SMILES string of the molecule is Cc1nccnc1N1CC2(CN(C(=O)N3CCOc4cc(Cl)ccc43)C2)C1. The van der Waals surface area contributed by atoms with Crippen LogP contribution in [-0.2, 0) is 0 Å². The van der Waals surface area contributed by atoms with E-state index in [1.807, 2.05) is 17.9 Å². The molecule has 140 valence electrons. The van der Waals surface area contributed by atoms with Crippen molar-refractivity contribution in [2.45, 2.75) is 6.92 Å². The van der Waals surface area contributed by atoms with E-state index in [1.165, 1.54) is 0 Å². The molecular formula is C19H20ClN5O2. The molecule has 1 spiro atoms. The number of anilines is 2. The number of amides is 2. The minimum Gasteiger partial charge on any atom is -0.489 e. The van der Waals surface area contributed by atoms with E-state index in [4.69, 9.17) is 16.3 Å². The van der Waals surface area contributed by atoms with Crippen LogP contribution in [0.15, 0.2) is 30.6 Å². The van der Waals surface area contributed by atoms with Gasteiger partial charge in [0.05, 0.1) is 17.9 Å². The summed E-state index contributed by atoms with van der Waals surface area (Å²) in [5, 5.41) is 0.611. The van der Waals surface area contributed by atoms with E-state index >= 15 is 0 Å². The molecule has 7 nitrogen and oxygen atoms in total. The summed E-state index contributed by atoms with van der Waals surface area (Å²) in [6.45, 7) is 6.42. The van der Waals surface area contributed by atoms with Gasteiger partial charge in [-0.05, 0) is 19.1 Å². The smallest absolute Gasteiger partial charge is 0.324 e. The topological polar surface area (TPSA) is 61.8 Å². The van der Waals surface area contributed by atoms with Crippen molar-refractivity contribution in [3.05, 3.63) is 41.3 Å². The summed E-state index contributed by atoms with van der Waals surface area (Å²) in [4.78, 5) is 27.7. The van der Waals surface area contributed by atoms with E-state index in [9.17, 15) is 4.79 Å². The average Bonchev–Trinajstić information content (AvgIpc) is 2.59. The van der Waals surface area contributed by atoms with Gasteiger partial charge >= 0.3 is 6.03 Å². The summed E-state index contributed by atoms with van der Waals surface area (Å²) in [6.07, 6.45) is 3.44. The number of carbonyl (C=O) groups excluding carboxylic acids is 1. The van der Waals surface area contributed by atoms with E-state index in [0.29, 0.717) is 23.9 Å². The van der Waals surface area contributed by atoms with E-state index in [0.717, 1.165) is 43.4 Å². The first-order chi connectivity index (χ1) is 13.0. The molecule has 0 radical (unpaired) electrons.